The lowest BCUT2D eigenvalue weighted by atomic mass is 10.0. The molecule has 11 nitrogen and oxygen atoms in total. The lowest BCUT2D eigenvalue weighted by Gasteiger charge is -2.39. The van der Waals surface area contributed by atoms with Gasteiger partial charge in [0, 0.05) is 6.42 Å². The highest BCUT2D eigenvalue weighted by Gasteiger charge is 2.44. The van der Waals surface area contributed by atoms with Crippen LogP contribution in [0.25, 0.3) is 0 Å². The van der Waals surface area contributed by atoms with Gasteiger partial charge in [-0.15, -0.1) is 0 Å². The van der Waals surface area contributed by atoms with Gasteiger partial charge in [0.05, 0.1) is 12.7 Å². The average Bonchev–Trinajstić information content (AvgIpc) is 2.66. The van der Waals surface area contributed by atoms with Crippen LogP contribution in [0.3, 0.4) is 0 Å². The summed E-state index contributed by atoms with van der Waals surface area (Å²) >= 11 is 0.570. The Kier molecular flexibility index (Phi) is 8.18. The molecule has 6 atom stereocenters. The predicted molar refractivity (Wildman–Crippen MR) is 95.6 cm³/mol. The van der Waals surface area contributed by atoms with Crippen LogP contribution in [0.2, 0.25) is 0 Å². The molecule has 1 saturated heterocycles. The Morgan fingerprint density at radius 3 is 2.43 bits per heavy atom. The summed E-state index contributed by atoms with van der Waals surface area (Å²) in [5, 5.41) is 52.2. The smallest absolute Gasteiger partial charge is 0.284 e. The lowest BCUT2D eigenvalue weighted by Crippen LogP contribution is -2.57. The van der Waals surface area contributed by atoms with E-state index in [9.17, 15) is 38.5 Å². The third-order valence-corrected chi connectivity index (χ3v) is 5.28. The van der Waals surface area contributed by atoms with E-state index in [1.165, 1.54) is 0 Å². The van der Waals surface area contributed by atoms with Gasteiger partial charge in [-0.1, -0.05) is 47.2 Å². The van der Waals surface area contributed by atoms with Crippen molar-refractivity contribution in [2.45, 2.75) is 42.4 Å². The minimum absolute atomic E-state index is 0.236. The number of aliphatic hydroxyl groups is 5. The summed E-state index contributed by atoms with van der Waals surface area (Å²) in [5.74, 6) is 0. The van der Waals surface area contributed by atoms with Crippen LogP contribution >= 0.6 is 11.8 Å². The summed E-state index contributed by atoms with van der Waals surface area (Å²) in [7, 11) is -5.17. The van der Waals surface area contributed by atoms with Crippen LogP contribution in [-0.2, 0) is 19.4 Å². The molecule has 5 N–H and O–H groups in total. The Morgan fingerprint density at radius 1 is 1.21 bits per heavy atom. The van der Waals surface area contributed by atoms with Crippen molar-refractivity contribution in [1.82, 2.24) is 0 Å². The van der Waals surface area contributed by atoms with E-state index in [1.807, 2.05) is 0 Å². The third-order valence-electron chi connectivity index (χ3n) is 3.88. The molecule has 0 aromatic heterocycles. The number of hydrogen-bond donors (Lipinski definition) is 5. The number of nitrogens with zero attached hydrogens (tertiary/aromatic N) is 1. The molecule has 0 unspecified atom stereocenters. The monoisotopic (exact) mass is 438 g/mol. The zero-order valence-electron chi connectivity index (χ0n) is 14.3. The number of aliphatic hydroxyl groups excluding tert-OH is 5. The number of hydrogen-bond acceptors (Lipinski definition) is 12. The first kappa shape index (κ1) is 23.0. The van der Waals surface area contributed by atoms with Crippen molar-refractivity contribution in [2.24, 2.45) is 5.16 Å². The maximum Gasteiger partial charge on any atom is 0.284 e. The molecular formula is C15H20NO10S2-. The standard InChI is InChI=1S/C15H21NO10S2/c17-7-10-12(19)13(20)14(21)15(25-10)27-11(16-26-28(22,23)24)6-9(18)8-4-2-1-3-5-8/h1-5,9-10,12-15,17-21H,6-7H2,(H,22,23,24)/p-1/b16-11+/t9-,10+,12+,13-,14+,15-/m0/s1. The highest BCUT2D eigenvalue weighted by Crippen LogP contribution is 2.32. The van der Waals surface area contributed by atoms with Gasteiger partial charge in [-0.25, -0.2) is 0 Å². The van der Waals surface area contributed by atoms with E-state index < -0.39 is 53.0 Å². The topological polar surface area (TPSA) is 189 Å². The number of rotatable bonds is 7. The highest BCUT2D eigenvalue weighted by atomic mass is 32.3. The van der Waals surface area contributed by atoms with Gasteiger partial charge in [0.25, 0.3) is 10.4 Å². The quantitative estimate of drug-likeness (QED) is 0.109. The summed E-state index contributed by atoms with van der Waals surface area (Å²) in [4.78, 5) is 0. The fourth-order valence-electron chi connectivity index (χ4n) is 2.45. The molecule has 1 aliphatic rings. The fourth-order valence-corrected chi connectivity index (χ4v) is 3.78. The number of benzene rings is 1. The summed E-state index contributed by atoms with van der Waals surface area (Å²) in [6.45, 7) is -0.660. The van der Waals surface area contributed by atoms with Gasteiger partial charge >= 0.3 is 0 Å². The Morgan fingerprint density at radius 2 is 1.86 bits per heavy atom. The summed E-state index contributed by atoms with van der Waals surface area (Å²) < 4.78 is 41.3. The van der Waals surface area contributed by atoms with Gasteiger partial charge in [-0.3, -0.25) is 4.28 Å². The minimum Gasteiger partial charge on any atom is -0.714 e. The molecule has 28 heavy (non-hydrogen) atoms. The van der Waals surface area contributed by atoms with Crippen LogP contribution in [0.4, 0.5) is 0 Å². The normalized spacial score (nSPS) is 30.1. The van der Waals surface area contributed by atoms with E-state index in [0.29, 0.717) is 17.3 Å². The van der Waals surface area contributed by atoms with Gasteiger partial charge in [0.15, 0.2) is 0 Å². The van der Waals surface area contributed by atoms with Crippen LogP contribution in [0.15, 0.2) is 35.5 Å². The Bertz CT molecular complexity index is 757. The predicted octanol–water partition coefficient (Wildman–Crippen LogP) is -1.57. The zero-order valence-corrected chi connectivity index (χ0v) is 15.9. The minimum atomic E-state index is -5.17. The summed E-state index contributed by atoms with van der Waals surface area (Å²) in [6, 6.07) is 8.26. The molecule has 0 radical (unpaired) electrons. The average molecular weight is 438 g/mol. The van der Waals surface area contributed by atoms with Crippen LogP contribution in [0.5, 0.6) is 0 Å². The second-order valence-corrected chi connectivity index (χ2v) is 8.05. The molecule has 1 aromatic rings. The molecule has 0 amide bonds. The van der Waals surface area contributed by atoms with Crippen molar-refractivity contribution in [3.8, 4) is 0 Å². The Hall–Kier alpha value is -1.29. The molecule has 1 aromatic carbocycles. The van der Waals surface area contributed by atoms with Gasteiger partial charge < -0.3 is 34.8 Å². The number of oxime groups is 1. The Balaban J connectivity index is 2.19. The van der Waals surface area contributed by atoms with Crippen molar-refractivity contribution in [1.29, 1.82) is 0 Å². The second-order valence-electron chi connectivity index (χ2n) is 5.91. The maximum absolute atomic E-state index is 10.7. The van der Waals surface area contributed by atoms with E-state index in [-0.39, 0.29) is 11.5 Å². The molecule has 1 heterocycles. The van der Waals surface area contributed by atoms with Crippen molar-refractivity contribution >= 4 is 27.2 Å². The SMILES string of the molecule is O=S(=O)([O-])O/N=C(\C[C@H](O)c1ccccc1)S[C@@H]1O[C@H](CO)[C@@H](O)[C@H](O)[C@H]1O. The summed E-state index contributed by atoms with van der Waals surface area (Å²) in [6.07, 6.45) is -7.53. The molecule has 0 spiro atoms. The second kappa shape index (κ2) is 9.96. The molecule has 0 bridgehead atoms. The van der Waals surface area contributed by atoms with Crippen LogP contribution in [0, 0.1) is 0 Å². The molecule has 13 heteroatoms. The van der Waals surface area contributed by atoms with Gasteiger partial charge in [-0.2, -0.15) is 8.42 Å². The largest absolute Gasteiger partial charge is 0.714 e. The molecule has 0 saturated carbocycles. The van der Waals surface area contributed by atoms with Crippen molar-refractivity contribution in [2.75, 3.05) is 6.61 Å². The molecule has 1 fully saturated rings. The van der Waals surface area contributed by atoms with E-state index in [4.69, 9.17) is 4.74 Å². The molecule has 1 aliphatic heterocycles. The van der Waals surface area contributed by atoms with Crippen molar-refractivity contribution in [3.05, 3.63) is 35.9 Å². The van der Waals surface area contributed by atoms with Gasteiger partial charge in [0.2, 0.25) is 0 Å². The van der Waals surface area contributed by atoms with Gasteiger partial charge in [0.1, 0.15) is 34.9 Å². The fraction of sp³-hybridized carbons (Fsp3) is 0.533. The number of thioether (sulfide) groups is 1. The number of ether oxygens (including phenoxy) is 1. The van der Waals surface area contributed by atoms with E-state index in [2.05, 4.69) is 9.44 Å². The first-order chi connectivity index (χ1) is 13.1. The van der Waals surface area contributed by atoms with E-state index in [1.54, 1.807) is 30.3 Å². The highest BCUT2D eigenvalue weighted by molar-refractivity contribution is 8.14. The van der Waals surface area contributed by atoms with E-state index in [0.717, 1.165) is 0 Å². The van der Waals surface area contributed by atoms with Crippen LogP contribution in [0.1, 0.15) is 18.1 Å². The molecule has 158 valence electrons. The maximum atomic E-state index is 10.7. The van der Waals surface area contributed by atoms with Gasteiger partial charge in [-0.05, 0) is 5.56 Å². The Labute approximate surface area is 165 Å². The van der Waals surface area contributed by atoms with Crippen LogP contribution < -0.4 is 0 Å². The van der Waals surface area contributed by atoms with Crippen molar-refractivity contribution < 1.29 is 47.5 Å². The first-order valence-corrected chi connectivity index (χ1v) is 10.2. The molecular weight excluding hydrogens is 418 g/mol. The lowest BCUT2D eigenvalue weighted by molar-refractivity contribution is -0.205. The van der Waals surface area contributed by atoms with Crippen molar-refractivity contribution in [3.63, 3.8) is 0 Å². The molecule has 0 aliphatic carbocycles. The summed E-state index contributed by atoms with van der Waals surface area (Å²) in [5.41, 5.74) is -0.829. The first-order valence-electron chi connectivity index (χ1n) is 8.04. The zero-order chi connectivity index (χ0) is 20.9. The van der Waals surface area contributed by atoms with E-state index >= 15 is 0 Å². The van der Waals surface area contributed by atoms with Crippen LogP contribution in [-0.4, -0.2) is 80.0 Å². The molecule has 2 rings (SSSR count). The third kappa shape index (κ3) is 6.37.